The number of hydrogen-bond acceptors (Lipinski definition) is 7. The SMILES string of the molecule is CCOC(=O)C1=C(CC)NC(N)=NC1c1cc(Cl)cc(O)c1O. The second-order valence-electron chi connectivity index (χ2n) is 4.87. The van der Waals surface area contributed by atoms with Crippen LogP contribution in [0, 0.1) is 0 Å². The molecule has 0 spiro atoms. The minimum atomic E-state index is -0.921. The van der Waals surface area contributed by atoms with Gasteiger partial charge in [-0.2, -0.15) is 0 Å². The number of guanidine groups is 1. The number of ether oxygens (including phenoxy) is 1. The number of esters is 1. The van der Waals surface area contributed by atoms with E-state index in [4.69, 9.17) is 22.1 Å². The van der Waals surface area contributed by atoms with Gasteiger partial charge in [0.05, 0.1) is 12.2 Å². The number of carbonyl (C=O) groups is 1. The lowest BCUT2D eigenvalue weighted by Crippen LogP contribution is -2.38. The van der Waals surface area contributed by atoms with E-state index in [1.54, 1.807) is 6.92 Å². The van der Waals surface area contributed by atoms with Crippen LogP contribution in [0.1, 0.15) is 31.9 Å². The zero-order valence-electron chi connectivity index (χ0n) is 12.8. The third-order valence-electron chi connectivity index (χ3n) is 3.37. The maximum Gasteiger partial charge on any atom is 0.338 e. The number of nitrogens with two attached hydrogens (primary N) is 1. The molecule has 1 aromatic carbocycles. The van der Waals surface area contributed by atoms with Gasteiger partial charge in [-0.25, -0.2) is 9.79 Å². The minimum Gasteiger partial charge on any atom is -0.504 e. The highest BCUT2D eigenvalue weighted by atomic mass is 35.5. The Morgan fingerprint density at radius 3 is 2.74 bits per heavy atom. The summed E-state index contributed by atoms with van der Waals surface area (Å²) in [7, 11) is 0. The Hall–Kier alpha value is -2.41. The molecule has 0 aromatic heterocycles. The van der Waals surface area contributed by atoms with Crippen LogP contribution in [0.4, 0.5) is 0 Å². The topological polar surface area (TPSA) is 117 Å². The molecule has 1 heterocycles. The first-order valence-electron chi connectivity index (χ1n) is 7.10. The molecule has 7 nitrogen and oxygen atoms in total. The Labute approximate surface area is 138 Å². The number of rotatable bonds is 4. The fourth-order valence-electron chi connectivity index (χ4n) is 2.38. The first-order valence-corrected chi connectivity index (χ1v) is 7.48. The van der Waals surface area contributed by atoms with Crippen LogP contribution < -0.4 is 11.1 Å². The van der Waals surface area contributed by atoms with Crippen molar-refractivity contribution in [1.29, 1.82) is 0 Å². The van der Waals surface area contributed by atoms with Crippen molar-refractivity contribution in [3.63, 3.8) is 0 Å². The highest BCUT2D eigenvalue weighted by molar-refractivity contribution is 6.30. The van der Waals surface area contributed by atoms with Crippen LogP contribution in [-0.2, 0) is 9.53 Å². The summed E-state index contributed by atoms with van der Waals surface area (Å²) in [5.41, 5.74) is 6.71. The van der Waals surface area contributed by atoms with Crippen LogP contribution in [0.3, 0.4) is 0 Å². The van der Waals surface area contributed by atoms with E-state index in [-0.39, 0.29) is 28.7 Å². The molecule has 0 amide bonds. The lowest BCUT2D eigenvalue weighted by molar-refractivity contribution is -0.139. The van der Waals surface area contributed by atoms with Crippen molar-refractivity contribution in [2.24, 2.45) is 10.7 Å². The summed E-state index contributed by atoms with van der Waals surface area (Å²) in [6, 6.07) is 1.70. The van der Waals surface area contributed by atoms with Crippen LogP contribution in [0.15, 0.2) is 28.4 Å². The largest absolute Gasteiger partial charge is 0.504 e. The second-order valence-corrected chi connectivity index (χ2v) is 5.31. The summed E-state index contributed by atoms with van der Waals surface area (Å²) in [6.45, 7) is 3.72. The minimum absolute atomic E-state index is 0.0961. The first-order chi connectivity index (χ1) is 10.9. The summed E-state index contributed by atoms with van der Waals surface area (Å²) < 4.78 is 5.08. The quantitative estimate of drug-likeness (QED) is 0.492. The van der Waals surface area contributed by atoms with Gasteiger partial charge in [-0.05, 0) is 19.4 Å². The molecule has 0 saturated heterocycles. The standard InChI is InChI=1S/C15H18ClN3O4/c1-3-9-11(14(22)23-4-2)12(19-15(17)18-9)8-5-7(16)6-10(20)13(8)21/h5-6,12,20-21H,3-4H2,1-2H3,(H3,17,18,19). The number of halogens is 1. The summed E-state index contributed by atoms with van der Waals surface area (Å²) in [5.74, 6) is -1.29. The van der Waals surface area contributed by atoms with Gasteiger partial charge in [-0.1, -0.05) is 18.5 Å². The molecule has 1 atom stereocenters. The van der Waals surface area contributed by atoms with Crippen molar-refractivity contribution < 1.29 is 19.7 Å². The Bertz CT molecular complexity index is 700. The molecule has 124 valence electrons. The molecule has 1 unspecified atom stereocenters. The van der Waals surface area contributed by atoms with E-state index in [1.807, 2.05) is 6.92 Å². The third kappa shape index (κ3) is 3.34. The molecule has 8 heteroatoms. The maximum atomic E-state index is 12.3. The number of nitrogens with one attached hydrogen (secondary N) is 1. The Morgan fingerprint density at radius 2 is 2.13 bits per heavy atom. The third-order valence-corrected chi connectivity index (χ3v) is 3.59. The number of hydrogen-bond donors (Lipinski definition) is 4. The highest BCUT2D eigenvalue weighted by Gasteiger charge is 2.33. The number of nitrogens with zero attached hydrogens (tertiary/aromatic N) is 1. The number of benzene rings is 1. The zero-order chi connectivity index (χ0) is 17.1. The predicted molar refractivity (Wildman–Crippen MR) is 86.2 cm³/mol. The molecule has 23 heavy (non-hydrogen) atoms. The van der Waals surface area contributed by atoms with Crippen molar-refractivity contribution in [3.8, 4) is 11.5 Å². The molecular weight excluding hydrogens is 322 g/mol. The number of carbonyl (C=O) groups excluding carboxylic acids is 1. The Morgan fingerprint density at radius 1 is 1.43 bits per heavy atom. The molecule has 0 radical (unpaired) electrons. The molecule has 0 fully saturated rings. The maximum absolute atomic E-state index is 12.3. The molecule has 1 aromatic rings. The lowest BCUT2D eigenvalue weighted by Gasteiger charge is -2.26. The van der Waals surface area contributed by atoms with Crippen molar-refractivity contribution in [2.45, 2.75) is 26.3 Å². The molecular formula is C15H18ClN3O4. The Kier molecular flexibility index (Phi) is 5.00. The van der Waals surface area contributed by atoms with Crippen molar-refractivity contribution in [1.82, 2.24) is 5.32 Å². The number of phenols is 2. The molecule has 1 aliphatic heterocycles. The van der Waals surface area contributed by atoms with Crippen LogP contribution in [0.5, 0.6) is 11.5 Å². The summed E-state index contributed by atoms with van der Waals surface area (Å²) in [4.78, 5) is 16.5. The fraction of sp³-hybridized carbons (Fsp3) is 0.333. The van der Waals surface area contributed by atoms with Gasteiger partial charge >= 0.3 is 5.97 Å². The number of phenolic OH excluding ortho intramolecular Hbond substituents is 2. The number of aromatic hydroxyl groups is 2. The molecule has 5 N–H and O–H groups in total. The molecule has 1 aliphatic rings. The summed E-state index contributed by atoms with van der Waals surface area (Å²) >= 11 is 5.94. The second kappa shape index (κ2) is 6.78. The van der Waals surface area contributed by atoms with Gasteiger partial charge in [-0.15, -0.1) is 0 Å². The van der Waals surface area contributed by atoms with Gasteiger partial charge in [0.1, 0.15) is 6.04 Å². The number of allylic oxidation sites excluding steroid dienone is 1. The predicted octanol–water partition coefficient (Wildman–Crippen LogP) is 1.94. The van der Waals surface area contributed by atoms with Crippen molar-refractivity contribution in [3.05, 3.63) is 34.0 Å². The van der Waals surface area contributed by atoms with Crippen molar-refractivity contribution >= 4 is 23.5 Å². The van der Waals surface area contributed by atoms with E-state index in [9.17, 15) is 15.0 Å². The van der Waals surface area contributed by atoms with Gasteiger partial charge in [-0.3, -0.25) is 0 Å². The molecule has 0 bridgehead atoms. The van der Waals surface area contributed by atoms with Gasteiger partial charge in [0.15, 0.2) is 17.5 Å². The average molecular weight is 340 g/mol. The monoisotopic (exact) mass is 339 g/mol. The molecule has 0 saturated carbocycles. The van der Waals surface area contributed by atoms with Crippen molar-refractivity contribution in [2.75, 3.05) is 6.61 Å². The Balaban J connectivity index is 2.63. The summed E-state index contributed by atoms with van der Waals surface area (Å²) in [6.07, 6.45) is 0.480. The van der Waals surface area contributed by atoms with E-state index in [0.717, 1.165) is 0 Å². The van der Waals surface area contributed by atoms with E-state index in [1.165, 1.54) is 12.1 Å². The summed E-state index contributed by atoms with van der Waals surface area (Å²) in [5, 5.41) is 22.9. The van der Waals surface area contributed by atoms with Crippen LogP contribution in [-0.4, -0.2) is 28.7 Å². The number of aliphatic imine (C=N–C) groups is 1. The van der Waals surface area contributed by atoms with Crippen LogP contribution >= 0.6 is 11.6 Å². The van der Waals surface area contributed by atoms with E-state index < -0.39 is 23.5 Å². The normalized spacial score (nSPS) is 17.5. The average Bonchev–Trinajstić information content (AvgIpc) is 2.50. The van der Waals surface area contributed by atoms with Crippen LogP contribution in [0.25, 0.3) is 0 Å². The van der Waals surface area contributed by atoms with Gasteiger partial charge in [0.2, 0.25) is 0 Å². The van der Waals surface area contributed by atoms with Gasteiger partial charge < -0.3 is 26.0 Å². The van der Waals surface area contributed by atoms with Gasteiger partial charge in [0.25, 0.3) is 0 Å². The molecule has 2 rings (SSSR count). The van der Waals surface area contributed by atoms with E-state index >= 15 is 0 Å². The van der Waals surface area contributed by atoms with E-state index in [2.05, 4.69) is 10.3 Å². The van der Waals surface area contributed by atoms with Gasteiger partial charge in [0, 0.05) is 22.3 Å². The lowest BCUT2D eigenvalue weighted by atomic mass is 9.94. The smallest absolute Gasteiger partial charge is 0.338 e. The first kappa shape index (κ1) is 17.0. The van der Waals surface area contributed by atoms with Crippen LogP contribution in [0.2, 0.25) is 5.02 Å². The van der Waals surface area contributed by atoms with E-state index in [0.29, 0.717) is 12.1 Å². The molecule has 0 aliphatic carbocycles. The highest BCUT2D eigenvalue weighted by Crippen LogP contribution is 2.42. The fourth-order valence-corrected chi connectivity index (χ4v) is 2.61. The zero-order valence-corrected chi connectivity index (χ0v) is 13.5.